The van der Waals surface area contributed by atoms with E-state index in [0.29, 0.717) is 5.56 Å². The van der Waals surface area contributed by atoms with E-state index < -0.39 is 35.9 Å². The average Bonchev–Trinajstić information content (AvgIpc) is 2.54. The molecule has 3 nitrogen and oxygen atoms in total. The molecule has 0 fully saturated rings. The van der Waals surface area contributed by atoms with Crippen LogP contribution in [0, 0.1) is 0 Å². The van der Waals surface area contributed by atoms with Gasteiger partial charge in [-0.15, -0.1) is 0 Å². The van der Waals surface area contributed by atoms with Gasteiger partial charge in [-0.2, -0.15) is 22.0 Å². The van der Waals surface area contributed by atoms with Gasteiger partial charge in [0.2, 0.25) is 0 Å². The Morgan fingerprint density at radius 1 is 1.04 bits per heavy atom. The lowest BCUT2D eigenvalue weighted by Crippen LogP contribution is -2.28. The van der Waals surface area contributed by atoms with Crippen molar-refractivity contribution < 1.29 is 31.5 Å². The van der Waals surface area contributed by atoms with Crippen molar-refractivity contribution in [3.8, 4) is 5.75 Å². The zero-order valence-corrected chi connectivity index (χ0v) is 13.0. The molecule has 2 rings (SSSR count). The van der Waals surface area contributed by atoms with Gasteiger partial charge in [-0.1, -0.05) is 24.3 Å². The van der Waals surface area contributed by atoms with Gasteiger partial charge in [0.15, 0.2) is 0 Å². The third-order valence-electron chi connectivity index (χ3n) is 3.43. The van der Waals surface area contributed by atoms with Gasteiger partial charge in [0.25, 0.3) is 5.91 Å². The summed E-state index contributed by atoms with van der Waals surface area (Å²) in [5, 5.41) is 2.46. The number of carbonyl (C=O) groups excluding carboxylic acids is 1. The second-order valence-electron chi connectivity index (χ2n) is 5.19. The summed E-state index contributed by atoms with van der Waals surface area (Å²) in [6.45, 7) is -1.39. The monoisotopic (exact) mass is 359 g/mol. The fourth-order valence-corrected chi connectivity index (χ4v) is 2.22. The summed E-state index contributed by atoms with van der Waals surface area (Å²) < 4.78 is 67.3. The van der Waals surface area contributed by atoms with Crippen molar-refractivity contribution in [1.82, 2.24) is 5.32 Å². The predicted octanol–water partition coefficient (Wildman–Crippen LogP) is 4.80. The van der Waals surface area contributed by atoms with E-state index >= 15 is 0 Å². The maximum absolute atomic E-state index is 13.0. The molecule has 2 aromatic carbocycles. The molecule has 0 aromatic heterocycles. The van der Waals surface area contributed by atoms with Crippen LogP contribution in [-0.2, 0) is 6.18 Å². The van der Waals surface area contributed by atoms with E-state index in [9.17, 15) is 26.7 Å². The van der Waals surface area contributed by atoms with Crippen LogP contribution in [0.25, 0.3) is 0 Å². The lowest BCUT2D eigenvalue weighted by atomic mass is 10.0. The molecular weight excluding hydrogens is 345 g/mol. The first-order chi connectivity index (χ1) is 11.7. The Hall–Kier alpha value is -2.64. The first-order valence-corrected chi connectivity index (χ1v) is 7.20. The first-order valence-electron chi connectivity index (χ1n) is 7.20. The molecule has 0 heterocycles. The van der Waals surface area contributed by atoms with Gasteiger partial charge in [-0.3, -0.25) is 4.79 Å². The summed E-state index contributed by atoms with van der Waals surface area (Å²) in [5.41, 5.74) is -0.987. The number of rotatable bonds is 5. The van der Waals surface area contributed by atoms with Crippen LogP contribution in [0.1, 0.15) is 34.5 Å². The van der Waals surface area contributed by atoms with Crippen molar-refractivity contribution in [2.45, 2.75) is 25.8 Å². The van der Waals surface area contributed by atoms with Crippen molar-refractivity contribution >= 4 is 5.91 Å². The summed E-state index contributed by atoms with van der Waals surface area (Å²) in [6.07, 6.45) is -4.65. The van der Waals surface area contributed by atoms with Crippen molar-refractivity contribution in [3.63, 3.8) is 0 Å². The minimum Gasteiger partial charge on any atom is -0.435 e. The van der Waals surface area contributed by atoms with Gasteiger partial charge < -0.3 is 10.1 Å². The Balaban J connectivity index is 2.13. The number of alkyl halides is 5. The second-order valence-corrected chi connectivity index (χ2v) is 5.19. The van der Waals surface area contributed by atoms with E-state index in [1.807, 2.05) is 0 Å². The van der Waals surface area contributed by atoms with Gasteiger partial charge >= 0.3 is 12.8 Å². The molecule has 0 aliphatic heterocycles. The largest absolute Gasteiger partial charge is 0.435 e. The van der Waals surface area contributed by atoms with E-state index in [4.69, 9.17) is 0 Å². The summed E-state index contributed by atoms with van der Waals surface area (Å²) in [5.74, 6) is -0.937. The summed E-state index contributed by atoms with van der Waals surface area (Å²) in [6, 6.07) is 9.28. The number of halogens is 5. The quantitative estimate of drug-likeness (QED) is 0.779. The van der Waals surface area contributed by atoms with Crippen LogP contribution in [0.5, 0.6) is 5.75 Å². The molecule has 0 aliphatic rings. The summed E-state index contributed by atoms with van der Waals surface area (Å²) in [7, 11) is 0. The Morgan fingerprint density at radius 2 is 1.64 bits per heavy atom. The number of amides is 1. The minimum absolute atomic E-state index is 0.0558. The van der Waals surface area contributed by atoms with E-state index in [2.05, 4.69) is 10.1 Å². The number of nitrogens with one attached hydrogen (secondary N) is 1. The summed E-state index contributed by atoms with van der Waals surface area (Å²) >= 11 is 0. The molecule has 25 heavy (non-hydrogen) atoms. The van der Waals surface area contributed by atoms with Crippen LogP contribution in [0.3, 0.4) is 0 Å². The fourth-order valence-electron chi connectivity index (χ4n) is 2.22. The molecule has 0 saturated heterocycles. The number of carbonyl (C=O) groups is 1. The SMILES string of the molecule is C[C@@H](NC(=O)c1ccccc1C(F)(F)F)c1ccc(OC(F)F)cc1. The molecule has 0 unspecified atom stereocenters. The molecule has 0 spiro atoms. The Morgan fingerprint density at radius 3 is 2.20 bits per heavy atom. The van der Waals surface area contributed by atoms with Crippen molar-refractivity contribution in [1.29, 1.82) is 0 Å². The van der Waals surface area contributed by atoms with Crippen LogP contribution >= 0.6 is 0 Å². The van der Waals surface area contributed by atoms with Gasteiger partial charge in [-0.25, -0.2) is 0 Å². The predicted molar refractivity (Wildman–Crippen MR) is 80.4 cm³/mol. The van der Waals surface area contributed by atoms with Crippen molar-refractivity contribution in [3.05, 3.63) is 65.2 Å². The molecule has 8 heteroatoms. The Labute approximate surface area is 140 Å². The van der Waals surface area contributed by atoms with Gasteiger partial charge in [-0.05, 0) is 36.8 Å². The fraction of sp³-hybridized carbons (Fsp3) is 0.235. The van der Waals surface area contributed by atoms with Gasteiger partial charge in [0, 0.05) is 0 Å². The lowest BCUT2D eigenvalue weighted by molar-refractivity contribution is -0.137. The second kappa shape index (κ2) is 7.50. The van der Waals surface area contributed by atoms with Gasteiger partial charge in [0.05, 0.1) is 17.2 Å². The van der Waals surface area contributed by atoms with E-state index in [-0.39, 0.29) is 5.75 Å². The van der Waals surface area contributed by atoms with Crippen molar-refractivity contribution in [2.75, 3.05) is 0 Å². The third-order valence-corrected chi connectivity index (χ3v) is 3.43. The van der Waals surface area contributed by atoms with Crippen LogP contribution in [0.2, 0.25) is 0 Å². The van der Waals surface area contributed by atoms with Crippen LogP contribution in [0.15, 0.2) is 48.5 Å². The van der Waals surface area contributed by atoms with E-state index in [0.717, 1.165) is 12.1 Å². The normalized spacial score (nSPS) is 12.8. The van der Waals surface area contributed by atoms with Crippen LogP contribution < -0.4 is 10.1 Å². The maximum Gasteiger partial charge on any atom is 0.417 e. The highest BCUT2D eigenvalue weighted by atomic mass is 19.4. The van der Waals surface area contributed by atoms with Crippen LogP contribution in [0.4, 0.5) is 22.0 Å². The lowest BCUT2D eigenvalue weighted by Gasteiger charge is -2.17. The minimum atomic E-state index is -4.65. The molecule has 0 radical (unpaired) electrons. The standard InChI is InChI=1S/C17H14F5NO2/c1-10(11-6-8-12(9-7-11)25-16(18)19)23-15(24)13-4-2-3-5-14(13)17(20,21)22/h2-10,16H,1H3,(H,23,24)/t10-/m1/s1. The highest BCUT2D eigenvalue weighted by Crippen LogP contribution is 2.32. The zero-order valence-electron chi connectivity index (χ0n) is 13.0. The molecule has 2 aromatic rings. The topological polar surface area (TPSA) is 38.3 Å². The van der Waals surface area contributed by atoms with E-state index in [1.165, 1.54) is 36.4 Å². The molecule has 134 valence electrons. The third kappa shape index (κ3) is 4.91. The molecule has 0 bridgehead atoms. The molecular formula is C17H14F5NO2. The van der Waals surface area contributed by atoms with Crippen LogP contribution in [-0.4, -0.2) is 12.5 Å². The molecule has 1 atom stereocenters. The Bertz CT molecular complexity index is 729. The first kappa shape index (κ1) is 18.7. The van der Waals surface area contributed by atoms with E-state index in [1.54, 1.807) is 6.92 Å². The number of hydrogen-bond acceptors (Lipinski definition) is 2. The zero-order chi connectivity index (χ0) is 18.6. The number of ether oxygens (including phenoxy) is 1. The summed E-state index contributed by atoms with van der Waals surface area (Å²) in [4.78, 5) is 12.2. The molecule has 1 N–H and O–H groups in total. The Kier molecular flexibility index (Phi) is 5.61. The molecule has 0 saturated carbocycles. The number of hydrogen-bond donors (Lipinski definition) is 1. The van der Waals surface area contributed by atoms with Crippen molar-refractivity contribution in [2.24, 2.45) is 0 Å². The maximum atomic E-state index is 13.0. The highest BCUT2D eigenvalue weighted by Gasteiger charge is 2.35. The average molecular weight is 359 g/mol. The van der Waals surface area contributed by atoms with Gasteiger partial charge in [0.1, 0.15) is 5.75 Å². The molecule has 1 amide bonds. The highest BCUT2D eigenvalue weighted by molar-refractivity contribution is 5.96. The molecule has 0 aliphatic carbocycles. The smallest absolute Gasteiger partial charge is 0.417 e. The number of benzene rings is 2.